The Morgan fingerprint density at radius 2 is 2.30 bits per heavy atom. The summed E-state index contributed by atoms with van der Waals surface area (Å²) in [4.78, 5) is 0. The standard InChI is InChI=1S/C8H8BrO/c1-10-8-4-2-3-7(5-8)6-9/h2-6H,1H3. The van der Waals surface area contributed by atoms with Crippen molar-refractivity contribution in [2.24, 2.45) is 0 Å². The molecule has 0 saturated carbocycles. The van der Waals surface area contributed by atoms with E-state index in [-0.39, 0.29) is 0 Å². The summed E-state index contributed by atoms with van der Waals surface area (Å²) in [5.74, 6) is 0.883. The van der Waals surface area contributed by atoms with E-state index in [0.717, 1.165) is 11.3 Å². The SMILES string of the molecule is COc1cccc([CH]Br)c1. The number of halogens is 1. The van der Waals surface area contributed by atoms with Crippen LogP contribution in [0.15, 0.2) is 24.3 Å². The Morgan fingerprint density at radius 1 is 1.50 bits per heavy atom. The van der Waals surface area contributed by atoms with Crippen molar-refractivity contribution in [2.75, 3.05) is 7.11 Å². The maximum Gasteiger partial charge on any atom is 0.119 e. The van der Waals surface area contributed by atoms with Crippen molar-refractivity contribution >= 4 is 15.9 Å². The van der Waals surface area contributed by atoms with E-state index in [1.807, 2.05) is 29.6 Å². The summed E-state index contributed by atoms with van der Waals surface area (Å²) in [5, 5.41) is 1.86. The second-order valence-electron chi connectivity index (χ2n) is 1.89. The van der Waals surface area contributed by atoms with E-state index in [1.54, 1.807) is 7.11 Å². The molecule has 0 aromatic heterocycles. The minimum absolute atomic E-state index is 0.883. The third kappa shape index (κ3) is 1.74. The van der Waals surface area contributed by atoms with Gasteiger partial charge in [0.2, 0.25) is 0 Å². The third-order valence-electron chi connectivity index (χ3n) is 1.22. The van der Waals surface area contributed by atoms with Gasteiger partial charge in [-0.15, -0.1) is 0 Å². The van der Waals surface area contributed by atoms with Gasteiger partial charge in [-0.25, -0.2) is 0 Å². The molecule has 0 saturated heterocycles. The first-order valence-corrected chi connectivity index (χ1v) is 3.86. The monoisotopic (exact) mass is 199 g/mol. The minimum atomic E-state index is 0.883. The smallest absolute Gasteiger partial charge is 0.119 e. The maximum atomic E-state index is 5.02. The molecule has 1 aromatic carbocycles. The lowest BCUT2D eigenvalue weighted by Gasteiger charge is -1.99. The summed E-state index contributed by atoms with van der Waals surface area (Å²) in [6, 6.07) is 7.82. The van der Waals surface area contributed by atoms with Crippen LogP contribution in [-0.2, 0) is 0 Å². The first kappa shape index (κ1) is 7.61. The van der Waals surface area contributed by atoms with Crippen LogP contribution in [0.2, 0.25) is 0 Å². The second kappa shape index (κ2) is 3.62. The molecule has 0 amide bonds. The van der Waals surface area contributed by atoms with Gasteiger partial charge in [0.1, 0.15) is 5.75 Å². The van der Waals surface area contributed by atoms with Gasteiger partial charge in [0, 0.05) is 0 Å². The Kier molecular flexibility index (Phi) is 2.75. The molecule has 0 aliphatic rings. The van der Waals surface area contributed by atoms with Crippen molar-refractivity contribution < 1.29 is 4.74 Å². The van der Waals surface area contributed by atoms with Crippen LogP contribution in [0.25, 0.3) is 0 Å². The Hall–Kier alpha value is -0.500. The lowest BCUT2D eigenvalue weighted by molar-refractivity contribution is 0.414. The summed E-state index contributed by atoms with van der Waals surface area (Å²) >= 11 is 3.24. The van der Waals surface area contributed by atoms with E-state index in [0.29, 0.717) is 0 Å². The Balaban J connectivity index is 2.87. The fraction of sp³-hybridized carbons (Fsp3) is 0.125. The van der Waals surface area contributed by atoms with Crippen LogP contribution in [0.3, 0.4) is 0 Å². The number of benzene rings is 1. The highest BCUT2D eigenvalue weighted by molar-refractivity contribution is 9.10. The highest BCUT2D eigenvalue weighted by atomic mass is 79.9. The van der Waals surface area contributed by atoms with Crippen molar-refractivity contribution in [3.8, 4) is 5.75 Å². The lowest BCUT2D eigenvalue weighted by atomic mass is 10.2. The average molecular weight is 200 g/mol. The van der Waals surface area contributed by atoms with Crippen molar-refractivity contribution in [3.63, 3.8) is 0 Å². The van der Waals surface area contributed by atoms with E-state index in [2.05, 4.69) is 15.9 Å². The molecule has 0 heterocycles. The summed E-state index contributed by atoms with van der Waals surface area (Å²) < 4.78 is 5.02. The van der Waals surface area contributed by atoms with Gasteiger partial charge in [-0.3, -0.25) is 0 Å². The highest BCUT2D eigenvalue weighted by Gasteiger charge is 1.91. The predicted octanol–water partition coefficient (Wildman–Crippen LogP) is 2.60. The van der Waals surface area contributed by atoms with Crippen LogP contribution in [-0.4, -0.2) is 7.11 Å². The van der Waals surface area contributed by atoms with Crippen LogP contribution in [0.5, 0.6) is 5.75 Å². The Bertz CT molecular complexity index is 191. The molecule has 10 heavy (non-hydrogen) atoms. The largest absolute Gasteiger partial charge is 0.497 e. The van der Waals surface area contributed by atoms with Gasteiger partial charge < -0.3 is 4.74 Å². The molecule has 1 nitrogen and oxygen atoms in total. The molecule has 2 heteroatoms. The molecule has 0 bridgehead atoms. The molecular weight excluding hydrogens is 192 g/mol. The van der Waals surface area contributed by atoms with Crippen molar-refractivity contribution in [2.45, 2.75) is 0 Å². The fourth-order valence-electron chi connectivity index (χ4n) is 0.709. The number of ether oxygens (including phenoxy) is 1. The molecule has 0 unspecified atom stereocenters. The summed E-state index contributed by atoms with van der Waals surface area (Å²) in [7, 11) is 1.66. The van der Waals surface area contributed by atoms with E-state index in [9.17, 15) is 0 Å². The van der Waals surface area contributed by atoms with Crippen molar-refractivity contribution in [1.29, 1.82) is 0 Å². The molecule has 0 spiro atoms. The number of methoxy groups -OCH3 is 1. The second-order valence-corrected chi connectivity index (χ2v) is 2.34. The van der Waals surface area contributed by atoms with Gasteiger partial charge in [0.05, 0.1) is 12.4 Å². The van der Waals surface area contributed by atoms with Gasteiger partial charge in [-0.1, -0.05) is 28.1 Å². The molecular formula is C8H8BrO. The molecule has 1 radical (unpaired) electrons. The summed E-state index contributed by atoms with van der Waals surface area (Å²) in [6.07, 6.45) is 0. The Labute approximate surface area is 69.1 Å². The van der Waals surface area contributed by atoms with Gasteiger partial charge >= 0.3 is 0 Å². The van der Waals surface area contributed by atoms with Crippen LogP contribution < -0.4 is 4.74 Å². The molecule has 0 aliphatic carbocycles. The predicted molar refractivity (Wildman–Crippen MR) is 45.3 cm³/mol. The molecule has 0 aliphatic heterocycles. The van der Waals surface area contributed by atoms with E-state index < -0.39 is 0 Å². The Morgan fingerprint density at radius 3 is 2.90 bits per heavy atom. The quantitative estimate of drug-likeness (QED) is 0.712. The van der Waals surface area contributed by atoms with E-state index in [4.69, 9.17) is 4.74 Å². The van der Waals surface area contributed by atoms with Crippen molar-refractivity contribution in [1.82, 2.24) is 0 Å². The van der Waals surface area contributed by atoms with Crippen LogP contribution >= 0.6 is 15.9 Å². The van der Waals surface area contributed by atoms with Gasteiger partial charge in [0.25, 0.3) is 0 Å². The molecule has 0 atom stereocenters. The first-order chi connectivity index (χ1) is 4.86. The van der Waals surface area contributed by atoms with Crippen LogP contribution in [0, 0.1) is 5.33 Å². The van der Waals surface area contributed by atoms with Gasteiger partial charge in [0.15, 0.2) is 0 Å². The molecule has 53 valence electrons. The third-order valence-corrected chi connectivity index (χ3v) is 1.75. The number of hydrogen-bond donors (Lipinski definition) is 0. The molecule has 0 fully saturated rings. The summed E-state index contributed by atoms with van der Waals surface area (Å²) in [6.45, 7) is 0. The zero-order valence-corrected chi connectivity index (χ0v) is 7.26. The van der Waals surface area contributed by atoms with Crippen molar-refractivity contribution in [3.05, 3.63) is 35.2 Å². The normalized spacial score (nSPS) is 9.40. The first-order valence-electron chi connectivity index (χ1n) is 2.94. The van der Waals surface area contributed by atoms with Gasteiger partial charge in [-0.05, 0) is 17.7 Å². The number of hydrogen-bond acceptors (Lipinski definition) is 1. The van der Waals surface area contributed by atoms with Gasteiger partial charge in [-0.2, -0.15) is 0 Å². The molecule has 1 rings (SSSR count). The fourth-order valence-corrected chi connectivity index (χ4v) is 0.994. The maximum absolute atomic E-state index is 5.02. The number of rotatable bonds is 2. The lowest BCUT2D eigenvalue weighted by Crippen LogP contribution is -1.82. The average Bonchev–Trinajstić information content (AvgIpc) is 2.05. The van der Waals surface area contributed by atoms with E-state index >= 15 is 0 Å². The van der Waals surface area contributed by atoms with E-state index in [1.165, 1.54) is 0 Å². The molecule has 0 N–H and O–H groups in total. The highest BCUT2D eigenvalue weighted by Crippen LogP contribution is 2.15. The minimum Gasteiger partial charge on any atom is -0.497 e. The van der Waals surface area contributed by atoms with Crippen LogP contribution in [0.4, 0.5) is 0 Å². The zero-order valence-electron chi connectivity index (χ0n) is 5.67. The molecule has 1 aromatic rings. The zero-order chi connectivity index (χ0) is 7.40. The van der Waals surface area contributed by atoms with Crippen LogP contribution in [0.1, 0.15) is 5.56 Å². The summed E-state index contributed by atoms with van der Waals surface area (Å²) in [5.41, 5.74) is 1.11. The topological polar surface area (TPSA) is 9.23 Å².